The van der Waals surface area contributed by atoms with Gasteiger partial charge in [0.1, 0.15) is 0 Å². The fourth-order valence-electron chi connectivity index (χ4n) is 3.56. The number of nitrogens with one attached hydrogen (secondary N) is 1. The highest BCUT2D eigenvalue weighted by molar-refractivity contribution is 5.72. The van der Waals surface area contributed by atoms with Crippen molar-refractivity contribution in [2.24, 2.45) is 0 Å². The van der Waals surface area contributed by atoms with Gasteiger partial charge < -0.3 is 19.1 Å². The first-order valence-corrected chi connectivity index (χ1v) is 9.97. The number of rotatable bonds is 7. The Labute approximate surface area is 185 Å². The first kappa shape index (κ1) is 21.2. The lowest BCUT2D eigenvalue weighted by Gasteiger charge is -2.14. The summed E-state index contributed by atoms with van der Waals surface area (Å²) in [6.45, 7) is 0.255. The number of aromatic nitrogens is 4. The molecular weight excluding hydrogens is 410 g/mol. The average molecular weight is 435 g/mol. The van der Waals surface area contributed by atoms with Crippen LogP contribution in [0.5, 0.6) is 17.2 Å². The number of benzene rings is 2. The van der Waals surface area contributed by atoms with Gasteiger partial charge in [0.25, 0.3) is 0 Å². The maximum atomic E-state index is 12.7. The molecule has 1 N–H and O–H groups in total. The van der Waals surface area contributed by atoms with Crippen molar-refractivity contribution in [3.05, 3.63) is 58.6 Å². The molecule has 0 saturated heterocycles. The molecule has 2 heterocycles. The molecule has 0 aliphatic carbocycles. The molecule has 4 rings (SSSR count). The van der Waals surface area contributed by atoms with E-state index < -0.39 is 0 Å². The largest absolute Gasteiger partial charge is 0.493 e. The number of nitrogens with zero attached hydrogens (tertiary/aromatic N) is 4. The molecule has 0 radical (unpaired) electrons. The molecule has 2 aromatic heterocycles. The lowest BCUT2D eigenvalue weighted by Crippen LogP contribution is -2.18. The second-order valence-electron chi connectivity index (χ2n) is 7.42. The van der Waals surface area contributed by atoms with Crippen molar-refractivity contribution in [1.29, 1.82) is 0 Å². The second-order valence-corrected chi connectivity index (χ2v) is 7.42. The molecule has 0 atom stereocenters. The highest BCUT2D eigenvalue weighted by Crippen LogP contribution is 2.38. The molecule has 0 bridgehead atoms. The summed E-state index contributed by atoms with van der Waals surface area (Å²) in [5.41, 5.74) is 4.04. The van der Waals surface area contributed by atoms with Crippen LogP contribution in [0.4, 0.5) is 5.69 Å². The Morgan fingerprint density at radius 3 is 2.38 bits per heavy atom. The molecule has 0 aliphatic heterocycles. The Balaban J connectivity index is 1.79. The normalized spacial score (nSPS) is 10.9. The Kier molecular flexibility index (Phi) is 5.72. The fourth-order valence-corrected chi connectivity index (χ4v) is 3.56. The van der Waals surface area contributed by atoms with Crippen molar-refractivity contribution in [2.45, 2.75) is 6.54 Å². The molecule has 166 valence electrons. The summed E-state index contributed by atoms with van der Waals surface area (Å²) in [4.78, 5) is 26.7. The van der Waals surface area contributed by atoms with Crippen molar-refractivity contribution < 1.29 is 14.2 Å². The Morgan fingerprint density at radius 2 is 1.75 bits per heavy atom. The summed E-state index contributed by atoms with van der Waals surface area (Å²) in [5, 5.41) is 0. The van der Waals surface area contributed by atoms with Crippen LogP contribution in [-0.4, -0.2) is 54.9 Å². The van der Waals surface area contributed by atoms with Gasteiger partial charge in [-0.2, -0.15) is 0 Å². The monoisotopic (exact) mass is 435 g/mol. The minimum absolute atomic E-state index is 0.255. The summed E-state index contributed by atoms with van der Waals surface area (Å²) in [6.07, 6.45) is 1.66. The second kappa shape index (κ2) is 8.62. The van der Waals surface area contributed by atoms with E-state index >= 15 is 0 Å². The number of aromatic amines is 1. The average Bonchev–Trinajstić information content (AvgIpc) is 3.12. The predicted molar refractivity (Wildman–Crippen MR) is 123 cm³/mol. The summed E-state index contributed by atoms with van der Waals surface area (Å²) in [7, 11) is 8.62. The number of hydrogen-bond acceptors (Lipinski definition) is 7. The van der Waals surface area contributed by atoms with Crippen molar-refractivity contribution in [1.82, 2.24) is 19.5 Å². The van der Waals surface area contributed by atoms with E-state index in [1.165, 1.54) is 0 Å². The number of H-pyrrole nitrogens is 1. The van der Waals surface area contributed by atoms with Gasteiger partial charge in [-0.05, 0) is 29.8 Å². The zero-order valence-electron chi connectivity index (χ0n) is 18.7. The Bertz CT molecular complexity index is 1300. The van der Waals surface area contributed by atoms with E-state index in [9.17, 15) is 4.79 Å². The van der Waals surface area contributed by atoms with Crippen molar-refractivity contribution >= 4 is 17.0 Å². The van der Waals surface area contributed by atoms with Crippen LogP contribution in [0, 0.1) is 0 Å². The Morgan fingerprint density at radius 1 is 1.03 bits per heavy atom. The molecule has 0 amide bonds. The topological polar surface area (TPSA) is 94.5 Å². The third-order valence-electron chi connectivity index (χ3n) is 5.20. The number of ether oxygens (including phenoxy) is 3. The van der Waals surface area contributed by atoms with Gasteiger partial charge in [0, 0.05) is 25.3 Å². The highest BCUT2D eigenvalue weighted by atomic mass is 16.5. The third-order valence-corrected chi connectivity index (χ3v) is 5.20. The number of fused-ring (bicyclic) bond motifs is 1. The van der Waals surface area contributed by atoms with Crippen LogP contribution in [0.2, 0.25) is 0 Å². The number of anilines is 1. The smallest absolute Gasteiger partial charge is 0.329 e. The van der Waals surface area contributed by atoms with Crippen LogP contribution in [0.25, 0.3) is 22.6 Å². The maximum Gasteiger partial charge on any atom is 0.329 e. The van der Waals surface area contributed by atoms with E-state index in [4.69, 9.17) is 19.2 Å². The van der Waals surface area contributed by atoms with Crippen LogP contribution in [0.1, 0.15) is 5.56 Å². The van der Waals surface area contributed by atoms with Gasteiger partial charge in [-0.1, -0.05) is 12.1 Å². The number of hydrogen-bond donors (Lipinski definition) is 1. The van der Waals surface area contributed by atoms with E-state index in [0.29, 0.717) is 34.2 Å². The molecule has 9 heteroatoms. The lowest BCUT2D eigenvalue weighted by atomic mass is 10.1. The van der Waals surface area contributed by atoms with Crippen molar-refractivity contribution in [3.63, 3.8) is 0 Å². The zero-order valence-corrected chi connectivity index (χ0v) is 18.7. The van der Waals surface area contributed by atoms with Gasteiger partial charge in [0.05, 0.1) is 39.8 Å². The predicted octanol–water partition coefficient (Wildman–Crippen LogP) is 2.93. The van der Waals surface area contributed by atoms with Gasteiger partial charge in [-0.15, -0.1) is 0 Å². The molecule has 32 heavy (non-hydrogen) atoms. The molecule has 0 aliphatic rings. The third kappa shape index (κ3) is 3.84. The van der Waals surface area contributed by atoms with Crippen LogP contribution in [0.15, 0.2) is 47.4 Å². The standard InChI is InChI=1S/C23H25N5O4/c1-27(2)16-8-6-7-15(11-16)17-12-24-21-22(25-17)28(23(29)26-21)13-14-9-18(30-3)20(32-5)19(10-14)31-4/h6-12H,13H2,1-5H3,(H,24,26,29). The van der Waals surface area contributed by atoms with Gasteiger partial charge in [-0.25, -0.2) is 14.8 Å². The van der Waals surface area contributed by atoms with Crippen LogP contribution in [-0.2, 0) is 6.54 Å². The minimum Gasteiger partial charge on any atom is -0.493 e. The summed E-state index contributed by atoms with van der Waals surface area (Å²) >= 11 is 0. The number of imidazole rings is 1. The first-order chi connectivity index (χ1) is 15.4. The van der Waals surface area contributed by atoms with E-state index in [-0.39, 0.29) is 12.2 Å². The van der Waals surface area contributed by atoms with Crippen LogP contribution >= 0.6 is 0 Å². The minimum atomic E-state index is -0.298. The molecule has 0 unspecified atom stereocenters. The summed E-state index contributed by atoms with van der Waals surface area (Å²) < 4.78 is 17.8. The first-order valence-electron chi connectivity index (χ1n) is 9.97. The van der Waals surface area contributed by atoms with E-state index in [1.807, 2.05) is 55.4 Å². The fraction of sp³-hybridized carbons (Fsp3) is 0.261. The molecule has 0 saturated carbocycles. The highest BCUT2D eigenvalue weighted by Gasteiger charge is 2.16. The molecule has 0 fully saturated rings. The molecular formula is C23H25N5O4. The lowest BCUT2D eigenvalue weighted by molar-refractivity contribution is 0.323. The van der Waals surface area contributed by atoms with Crippen molar-refractivity contribution in [3.8, 4) is 28.5 Å². The quantitative estimate of drug-likeness (QED) is 0.477. The zero-order chi connectivity index (χ0) is 22.8. The van der Waals surface area contributed by atoms with Gasteiger partial charge >= 0.3 is 5.69 Å². The van der Waals surface area contributed by atoms with Gasteiger partial charge in [-0.3, -0.25) is 9.55 Å². The van der Waals surface area contributed by atoms with Crippen LogP contribution in [0.3, 0.4) is 0 Å². The van der Waals surface area contributed by atoms with Gasteiger partial charge in [0.15, 0.2) is 22.8 Å². The van der Waals surface area contributed by atoms with Crippen molar-refractivity contribution in [2.75, 3.05) is 40.3 Å². The SMILES string of the molecule is COc1cc(Cn2c(=O)[nH]c3ncc(-c4cccc(N(C)C)c4)nc32)cc(OC)c1OC. The summed E-state index contributed by atoms with van der Waals surface area (Å²) in [6, 6.07) is 11.6. The maximum absolute atomic E-state index is 12.7. The van der Waals surface area contributed by atoms with Gasteiger partial charge in [0.2, 0.25) is 5.75 Å². The molecule has 2 aromatic carbocycles. The van der Waals surface area contributed by atoms with Crippen LogP contribution < -0.4 is 24.8 Å². The molecule has 4 aromatic rings. The molecule has 9 nitrogen and oxygen atoms in total. The number of methoxy groups -OCH3 is 3. The van der Waals surface area contributed by atoms with E-state index in [2.05, 4.69) is 9.97 Å². The Hall–Kier alpha value is -4.01. The molecule has 0 spiro atoms. The van der Waals surface area contributed by atoms with E-state index in [0.717, 1.165) is 16.8 Å². The summed E-state index contributed by atoms with van der Waals surface area (Å²) in [5.74, 6) is 1.52. The van der Waals surface area contributed by atoms with E-state index in [1.54, 1.807) is 32.1 Å².